The van der Waals surface area contributed by atoms with Gasteiger partial charge in [0.25, 0.3) is 0 Å². The number of benzene rings is 2. The molecule has 29 heavy (non-hydrogen) atoms. The van der Waals surface area contributed by atoms with Crippen molar-refractivity contribution >= 4 is 16.0 Å². The van der Waals surface area contributed by atoms with E-state index in [2.05, 4.69) is 4.72 Å². The van der Waals surface area contributed by atoms with Gasteiger partial charge in [-0.25, -0.2) is 17.9 Å². The van der Waals surface area contributed by atoms with Crippen molar-refractivity contribution in [2.45, 2.75) is 24.4 Å². The first-order chi connectivity index (χ1) is 13.6. The lowest BCUT2D eigenvalue weighted by Crippen LogP contribution is -2.26. The van der Waals surface area contributed by atoms with E-state index in [4.69, 9.17) is 9.47 Å². The normalized spacial score (nSPS) is 11.9. The van der Waals surface area contributed by atoms with Gasteiger partial charge in [0.05, 0.1) is 17.1 Å². The van der Waals surface area contributed by atoms with Gasteiger partial charge in [-0.05, 0) is 49.2 Å². The first kappa shape index (κ1) is 22.7. The Balaban J connectivity index is 1.95. The Morgan fingerprint density at radius 1 is 1.10 bits per heavy atom. The summed E-state index contributed by atoms with van der Waals surface area (Å²) in [5.41, 5.74) is -0.315. The van der Waals surface area contributed by atoms with E-state index in [1.165, 1.54) is 0 Å². The molecule has 0 atom stereocenters. The van der Waals surface area contributed by atoms with Crippen molar-refractivity contribution < 1.29 is 35.9 Å². The van der Waals surface area contributed by atoms with Crippen molar-refractivity contribution in [3.63, 3.8) is 0 Å². The fourth-order valence-electron chi connectivity index (χ4n) is 2.39. The average molecular weight is 431 g/mol. The number of sulfonamides is 1. The van der Waals surface area contributed by atoms with Gasteiger partial charge in [-0.15, -0.1) is 0 Å². The predicted molar refractivity (Wildman–Crippen MR) is 98.9 cm³/mol. The Labute approximate surface area is 166 Å². The highest BCUT2D eigenvalue weighted by Gasteiger charge is 2.31. The molecule has 0 saturated heterocycles. The monoisotopic (exact) mass is 431 g/mol. The predicted octanol–water partition coefficient (Wildman–Crippen LogP) is 3.17. The van der Waals surface area contributed by atoms with E-state index < -0.39 is 32.6 Å². The smallest absolute Gasteiger partial charge is 0.416 e. The van der Waals surface area contributed by atoms with Gasteiger partial charge < -0.3 is 9.47 Å². The number of hydrogen-bond donors (Lipinski definition) is 1. The van der Waals surface area contributed by atoms with Crippen LogP contribution in [-0.4, -0.2) is 34.1 Å². The largest absolute Gasteiger partial charge is 0.482 e. The summed E-state index contributed by atoms with van der Waals surface area (Å²) in [6, 6.07) is 10.2. The minimum absolute atomic E-state index is 0.0279. The maximum Gasteiger partial charge on any atom is 0.416 e. The molecule has 2 aromatic rings. The molecule has 158 valence electrons. The topological polar surface area (TPSA) is 81.7 Å². The molecule has 0 aliphatic carbocycles. The van der Waals surface area contributed by atoms with Crippen molar-refractivity contribution in [1.29, 1.82) is 0 Å². The van der Waals surface area contributed by atoms with Crippen LogP contribution in [0.5, 0.6) is 5.75 Å². The van der Waals surface area contributed by atoms with Crippen molar-refractivity contribution in [3.8, 4) is 5.75 Å². The summed E-state index contributed by atoms with van der Waals surface area (Å²) in [5, 5.41) is 0. The minimum atomic E-state index is -4.63. The Morgan fingerprint density at radius 2 is 1.83 bits per heavy atom. The fourth-order valence-corrected chi connectivity index (χ4v) is 3.47. The highest BCUT2D eigenvalue weighted by molar-refractivity contribution is 7.89. The van der Waals surface area contributed by atoms with Crippen molar-refractivity contribution in [3.05, 3.63) is 59.7 Å². The van der Waals surface area contributed by atoms with Crippen LogP contribution in [0.3, 0.4) is 0 Å². The molecule has 0 fully saturated rings. The van der Waals surface area contributed by atoms with Crippen LogP contribution >= 0.6 is 0 Å². The SMILES string of the molecule is CCOC(=O)COc1cccc(CCNS(=O)(=O)c2cccc(C(F)(F)F)c2)c1. The second-order valence-corrected chi connectivity index (χ2v) is 7.68. The van der Waals surface area contributed by atoms with Gasteiger partial charge in [-0.1, -0.05) is 18.2 Å². The molecule has 2 aromatic carbocycles. The zero-order valence-corrected chi connectivity index (χ0v) is 16.3. The molecule has 0 amide bonds. The summed E-state index contributed by atoms with van der Waals surface area (Å²) in [4.78, 5) is 10.9. The van der Waals surface area contributed by atoms with Gasteiger partial charge in [0.1, 0.15) is 5.75 Å². The summed E-state index contributed by atoms with van der Waals surface area (Å²) < 4.78 is 75.1. The molecule has 0 saturated carbocycles. The van der Waals surface area contributed by atoms with Crippen molar-refractivity contribution in [2.24, 2.45) is 0 Å². The number of carbonyl (C=O) groups is 1. The molecular weight excluding hydrogens is 411 g/mol. The summed E-state index contributed by atoms with van der Waals surface area (Å²) in [5.74, 6) is -0.0944. The van der Waals surface area contributed by atoms with Crippen LogP contribution in [0.25, 0.3) is 0 Å². The molecule has 0 unspecified atom stereocenters. The molecule has 0 heterocycles. The third kappa shape index (κ3) is 7.06. The van der Waals surface area contributed by atoms with Crippen LogP contribution in [0.1, 0.15) is 18.1 Å². The summed E-state index contributed by atoms with van der Waals surface area (Å²) in [7, 11) is -4.09. The lowest BCUT2D eigenvalue weighted by molar-refractivity contribution is -0.145. The van der Waals surface area contributed by atoms with E-state index in [1.807, 2.05) is 0 Å². The second-order valence-electron chi connectivity index (χ2n) is 5.91. The van der Waals surface area contributed by atoms with E-state index in [9.17, 15) is 26.4 Å². The number of halogens is 3. The standard InChI is InChI=1S/C19H20F3NO5S/c1-2-27-18(24)13-28-16-7-3-5-14(11-16)9-10-23-29(25,26)17-8-4-6-15(12-17)19(20,21)22/h3-8,11-12,23H,2,9-10,13H2,1H3. The van der Waals surface area contributed by atoms with Gasteiger partial charge in [-0.3, -0.25) is 0 Å². The van der Waals surface area contributed by atoms with Crippen LogP contribution in [0.4, 0.5) is 13.2 Å². The number of esters is 1. The van der Waals surface area contributed by atoms with E-state index in [0.29, 0.717) is 11.8 Å². The molecule has 1 N–H and O–H groups in total. The molecule has 6 nitrogen and oxygen atoms in total. The Kier molecular flexibility index (Phi) is 7.63. The molecule has 0 aliphatic rings. The first-order valence-electron chi connectivity index (χ1n) is 8.66. The maximum absolute atomic E-state index is 12.8. The van der Waals surface area contributed by atoms with Crippen LogP contribution in [0.15, 0.2) is 53.4 Å². The Hall–Kier alpha value is -2.59. The number of rotatable bonds is 9. The quantitative estimate of drug-likeness (QED) is 0.617. The third-order valence-corrected chi connectivity index (χ3v) is 5.20. The van der Waals surface area contributed by atoms with Crippen LogP contribution in [0.2, 0.25) is 0 Å². The average Bonchev–Trinajstić information content (AvgIpc) is 2.66. The number of alkyl halides is 3. The molecule has 0 bridgehead atoms. The van der Waals surface area contributed by atoms with Gasteiger partial charge in [0, 0.05) is 6.54 Å². The van der Waals surface area contributed by atoms with Crippen LogP contribution in [-0.2, 0) is 32.2 Å². The van der Waals surface area contributed by atoms with Gasteiger partial charge in [0.2, 0.25) is 10.0 Å². The minimum Gasteiger partial charge on any atom is -0.482 e. The van der Waals surface area contributed by atoms with E-state index >= 15 is 0 Å². The number of nitrogens with one attached hydrogen (secondary N) is 1. The summed E-state index contributed by atoms with van der Waals surface area (Å²) in [6.45, 7) is 1.65. The van der Waals surface area contributed by atoms with Gasteiger partial charge in [-0.2, -0.15) is 13.2 Å². The van der Waals surface area contributed by atoms with Crippen molar-refractivity contribution in [1.82, 2.24) is 4.72 Å². The lowest BCUT2D eigenvalue weighted by Gasteiger charge is -2.11. The molecule has 0 spiro atoms. The van der Waals surface area contributed by atoms with Gasteiger partial charge >= 0.3 is 12.1 Å². The molecule has 0 radical (unpaired) electrons. The maximum atomic E-state index is 12.8. The lowest BCUT2D eigenvalue weighted by atomic mass is 10.1. The van der Waals surface area contributed by atoms with E-state index in [0.717, 1.165) is 23.8 Å². The Bertz CT molecular complexity index is 945. The van der Waals surface area contributed by atoms with Crippen molar-refractivity contribution in [2.75, 3.05) is 19.8 Å². The molecule has 10 heteroatoms. The van der Waals surface area contributed by atoms with Gasteiger partial charge in [0.15, 0.2) is 6.61 Å². The van der Waals surface area contributed by atoms with E-state index in [-0.39, 0.29) is 26.2 Å². The number of carbonyl (C=O) groups excluding carboxylic acids is 1. The molecule has 0 aromatic heterocycles. The number of hydrogen-bond acceptors (Lipinski definition) is 5. The summed E-state index contributed by atoms with van der Waals surface area (Å²) >= 11 is 0. The highest BCUT2D eigenvalue weighted by Crippen LogP contribution is 2.30. The zero-order chi connectivity index (χ0) is 21.5. The molecule has 2 rings (SSSR count). The van der Waals surface area contributed by atoms with Crippen LogP contribution < -0.4 is 9.46 Å². The first-order valence-corrected chi connectivity index (χ1v) is 10.1. The fraction of sp³-hybridized carbons (Fsp3) is 0.316. The van der Waals surface area contributed by atoms with Crippen LogP contribution in [0, 0.1) is 0 Å². The zero-order valence-electron chi connectivity index (χ0n) is 15.5. The number of ether oxygens (including phenoxy) is 2. The Morgan fingerprint density at radius 3 is 2.52 bits per heavy atom. The highest BCUT2D eigenvalue weighted by atomic mass is 32.2. The molecular formula is C19H20F3NO5S. The third-order valence-electron chi connectivity index (χ3n) is 3.74. The molecule has 0 aliphatic heterocycles. The second kappa shape index (κ2) is 9.75. The van der Waals surface area contributed by atoms with E-state index in [1.54, 1.807) is 31.2 Å². The summed E-state index contributed by atoms with van der Waals surface area (Å²) in [6.07, 6.45) is -4.36.